The van der Waals surface area contributed by atoms with E-state index in [2.05, 4.69) is 122 Å². The molecule has 0 radical (unpaired) electrons. The Morgan fingerprint density at radius 3 is 1.87 bits per heavy atom. The maximum absolute atomic E-state index is 3.73. The molecule has 0 fully saturated rings. The van der Waals surface area contributed by atoms with Crippen molar-refractivity contribution < 1.29 is 0 Å². The Bertz CT molecular complexity index is 1600. The number of hydrogen-bond acceptors (Lipinski definition) is 0. The zero-order chi connectivity index (χ0) is 21.3. The average Bonchev–Trinajstić information content (AvgIpc) is 2.77. The first-order valence-electron chi connectivity index (χ1n) is 10.8. The summed E-state index contributed by atoms with van der Waals surface area (Å²) in [6, 6.07) is 31.6. The van der Waals surface area contributed by atoms with Gasteiger partial charge < -0.3 is 0 Å². The Balaban J connectivity index is 1.74. The first-order chi connectivity index (χ1) is 14.9. The van der Waals surface area contributed by atoms with Crippen LogP contribution >= 0.6 is 15.9 Å². The lowest BCUT2D eigenvalue weighted by Crippen LogP contribution is -2.10. The number of hydrogen-bond donors (Lipinski definition) is 0. The largest absolute Gasteiger partial charge is 0.0616 e. The molecule has 1 heteroatoms. The lowest BCUT2D eigenvalue weighted by atomic mass is 9.82. The van der Waals surface area contributed by atoms with Gasteiger partial charge in [-0.2, -0.15) is 0 Å². The van der Waals surface area contributed by atoms with Crippen LogP contribution in [-0.2, 0) is 5.41 Å². The molecule has 6 aromatic carbocycles. The standard InChI is InChI=1S/C30H23Br/c1-30(2,3)21-16-19-9-8-18-10-12-24(26-13-11-20(17-21)28(19)29(18)26)23-14-15-27(31)25-7-5-4-6-22(23)25/h4-17H,1-3H3. The maximum Gasteiger partial charge on any atom is 0.0254 e. The summed E-state index contributed by atoms with van der Waals surface area (Å²) in [6.07, 6.45) is 0. The molecular weight excluding hydrogens is 440 g/mol. The molecule has 0 saturated heterocycles. The molecule has 0 nitrogen and oxygen atoms in total. The molecule has 0 bridgehead atoms. The van der Waals surface area contributed by atoms with Gasteiger partial charge in [0.2, 0.25) is 0 Å². The normalized spacial score (nSPS) is 12.5. The highest BCUT2D eigenvalue weighted by atomic mass is 79.9. The fraction of sp³-hybridized carbons (Fsp3) is 0.133. The molecule has 0 unspecified atom stereocenters. The number of rotatable bonds is 1. The minimum absolute atomic E-state index is 0.131. The zero-order valence-corrected chi connectivity index (χ0v) is 19.5. The summed E-state index contributed by atoms with van der Waals surface area (Å²) < 4.78 is 1.14. The third kappa shape index (κ3) is 2.80. The van der Waals surface area contributed by atoms with Gasteiger partial charge >= 0.3 is 0 Å². The molecule has 6 aromatic rings. The summed E-state index contributed by atoms with van der Waals surface area (Å²) in [6.45, 7) is 6.87. The third-order valence-corrected chi connectivity index (χ3v) is 7.32. The quantitative estimate of drug-likeness (QED) is 0.213. The molecule has 0 atom stereocenters. The van der Waals surface area contributed by atoms with Crippen molar-refractivity contribution in [3.8, 4) is 11.1 Å². The Hall–Kier alpha value is -2.90. The van der Waals surface area contributed by atoms with E-state index in [0.29, 0.717) is 0 Å². The van der Waals surface area contributed by atoms with Crippen LogP contribution in [0.5, 0.6) is 0 Å². The van der Waals surface area contributed by atoms with E-state index in [-0.39, 0.29) is 5.41 Å². The smallest absolute Gasteiger partial charge is 0.0254 e. The van der Waals surface area contributed by atoms with Gasteiger partial charge in [0.1, 0.15) is 0 Å². The van der Waals surface area contributed by atoms with Crippen LogP contribution in [-0.4, -0.2) is 0 Å². The van der Waals surface area contributed by atoms with Crippen LogP contribution in [0.3, 0.4) is 0 Å². The molecular formula is C30H23Br. The summed E-state index contributed by atoms with van der Waals surface area (Å²) >= 11 is 3.73. The molecule has 0 aliphatic heterocycles. The minimum atomic E-state index is 0.131. The highest BCUT2D eigenvalue weighted by Crippen LogP contribution is 2.43. The Morgan fingerprint density at radius 2 is 1.13 bits per heavy atom. The van der Waals surface area contributed by atoms with Gasteiger partial charge in [0, 0.05) is 4.47 Å². The molecule has 0 aliphatic carbocycles. The summed E-state index contributed by atoms with van der Waals surface area (Å²) in [7, 11) is 0. The molecule has 0 saturated carbocycles. The van der Waals surface area contributed by atoms with Crippen molar-refractivity contribution in [2.24, 2.45) is 0 Å². The fourth-order valence-electron chi connectivity index (χ4n) is 4.98. The highest BCUT2D eigenvalue weighted by Gasteiger charge is 2.18. The van der Waals surface area contributed by atoms with Gasteiger partial charge in [-0.05, 0) is 71.3 Å². The van der Waals surface area contributed by atoms with Gasteiger partial charge in [-0.1, -0.05) is 116 Å². The number of benzene rings is 6. The first kappa shape index (κ1) is 18.8. The molecule has 0 aromatic heterocycles. The number of fused-ring (bicyclic) bond motifs is 1. The van der Waals surface area contributed by atoms with Crippen LogP contribution in [0.15, 0.2) is 89.4 Å². The molecule has 150 valence electrons. The Labute approximate surface area is 191 Å². The monoisotopic (exact) mass is 462 g/mol. The van der Waals surface area contributed by atoms with Crippen LogP contribution in [0.25, 0.3) is 54.2 Å². The van der Waals surface area contributed by atoms with Gasteiger partial charge in [-0.25, -0.2) is 0 Å². The SMILES string of the molecule is CC(C)(C)c1cc2ccc3ccc(-c4ccc(Br)c5ccccc45)c4ccc(c1)c2c34. The number of halogens is 1. The lowest BCUT2D eigenvalue weighted by Gasteiger charge is -2.22. The van der Waals surface area contributed by atoms with Gasteiger partial charge in [-0.15, -0.1) is 0 Å². The topological polar surface area (TPSA) is 0 Å². The van der Waals surface area contributed by atoms with Crippen LogP contribution in [0.2, 0.25) is 0 Å². The summed E-state index contributed by atoms with van der Waals surface area (Å²) in [5, 5.41) is 10.6. The van der Waals surface area contributed by atoms with Crippen LogP contribution in [0.4, 0.5) is 0 Å². The summed E-state index contributed by atoms with van der Waals surface area (Å²) in [5.41, 5.74) is 4.10. The van der Waals surface area contributed by atoms with E-state index in [1.165, 1.54) is 59.8 Å². The van der Waals surface area contributed by atoms with E-state index in [1.807, 2.05) is 0 Å². The maximum atomic E-state index is 3.73. The van der Waals surface area contributed by atoms with Gasteiger partial charge in [0.05, 0.1) is 0 Å². The van der Waals surface area contributed by atoms with Crippen molar-refractivity contribution in [1.82, 2.24) is 0 Å². The molecule has 31 heavy (non-hydrogen) atoms. The Kier molecular flexibility index (Phi) is 3.98. The van der Waals surface area contributed by atoms with Crippen molar-refractivity contribution in [1.29, 1.82) is 0 Å². The van der Waals surface area contributed by atoms with Crippen molar-refractivity contribution in [3.05, 3.63) is 95.0 Å². The van der Waals surface area contributed by atoms with E-state index in [0.717, 1.165) is 4.47 Å². The van der Waals surface area contributed by atoms with Gasteiger partial charge in [0.15, 0.2) is 0 Å². The fourth-order valence-corrected chi connectivity index (χ4v) is 5.46. The Morgan fingerprint density at radius 1 is 0.548 bits per heavy atom. The second kappa shape index (κ2) is 6.55. The zero-order valence-electron chi connectivity index (χ0n) is 18.0. The van der Waals surface area contributed by atoms with E-state index >= 15 is 0 Å². The van der Waals surface area contributed by atoms with Gasteiger partial charge in [-0.3, -0.25) is 0 Å². The van der Waals surface area contributed by atoms with Crippen molar-refractivity contribution in [3.63, 3.8) is 0 Å². The van der Waals surface area contributed by atoms with E-state index in [4.69, 9.17) is 0 Å². The first-order valence-corrected chi connectivity index (χ1v) is 11.6. The molecule has 6 rings (SSSR count). The molecule has 0 spiro atoms. The van der Waals surface area contributed by atoms with E-state index in [1.54, 1.807) is 0 Å². The average molecular weight is 463 g/mol. The van der Waals surface area contributed by atoms with Gasteiger partial charge in [0.25, 0.3) is 0 Å². The molecule has 0 heterocycles. The van der Waals surface area contributed by atoms with Crippen LogP contribution in [0.1, 0.15) is 26.3 Å². The van der Waals surface area contributed by atoms with E-state index in [9.17, 15) is 0 Å². The second-order valence-electron chi connectivity index (χ2n) is 9.58. The summed E-state index contributed by atoms with van der Waals surface area (Å²) in [5.74, 6) is 0. The van der Waals surface area contributed by atoms with Crippen molar-refractivity contribution in [2.75, 3.05) is 0 Å². The van der Waals surface area contributed by atoms with Crippen molar-refractivity contribution >= 4 is 59.0 Å². The lowest BCUT2D eigenvalue weighted by molar-refractivity contribution is 0.591. The second-order valence-corrected chi connectivity index (χ2v) is 10.4. The molecule has 0 aliphatic rings. The summed E-state index contributed by atoms with van der Waals surface area (Å²) in [4.78, 5) is 0. The van der Waals surface area contributed by atoms with Crippen molar-refractivity contribution in [2.45, 2.75) is 26.2 Å². The van der Waals surface area contributed by atoms with Crippen LogP contribution < -0.4 is 0 Å². The molecule has 0 amide bonds. The predicted molar refractivity (Wildman–Crippen MR) is 139 cm³/mol. The minimum Gasteiger partial charge on any atom is -0.0616 e. The third-order valence-electron chi connectivity index (χ3n) is 6.63. The van der Waals surface area contributed by atoms with Crippen LogP contribution in [0, 0.1) is 0 Å². The molecule has 0 N–H and O–H groups in total. The van der Waals surface area contributed by atoms with E-state index < -0.39 is 0 Å². The predicted octanol–water partition coefficient (Wildman–Crippen LogP) is 9.46. The highest BCUT2D eigenvalue weighted by molar-refractivity contribution is 9.10.